The molecule has 3 nitrogen and oxygen atoms in total. The Balaban J connectivity index is 0.00000128. The number of hydrogen-bond acceptors (Lipinski definition) is 3. The Morgan fingerprint density at radius 1 is 1.44 bits per heavy atom. The summed E-state index contributed by atoms with van der Waals surface area (Å²) in [5.41, 5.74) is 8.45. The smallest absolute Gasteiger partial charge is 0.0991 e. The van der Waals surface area contributed by atoms with Crippen LogP contribution in [0.2, 0.25) is 0 Å². The molecule has 0 aliphatic heterocycles. The molecule has 0 aromatic heterocycles. The molecule has 0 bridgehead atoms. The van der Waals surface area contributed by atoms with Crippen molar-refractivity contribution in [3.8, 4) is 6.07 Å². The molecular formula is C12H15ClN2O. The third-order valence-corrected chi connectivity index (χ3v) is 2.98. The SMILES string of the molecule is Cl.N#Cc1ccc2c(c1)CCCC(N)C2O. The van der Waals surface area contributed by atoms with E-state index in [1.807, 2.05) is 12.1 Å². The Morgan fingerprint density at radius 2 is 2.19 bits per heavy atom. The lowest BCUT2D eigenvalue weighted by Crippen LogP contribution is -2.27. The fraction of sp³-hybridized carbons (Fsp3) is 0.417. The van der Waals surface area contributed by atoms with E-state index >= 15 is 0 Å². The van der Waals surface area contributed by atoms with E-state index < -0.39 is 6.10 Å². The number of nitrogens with two attached hydrogens (primary N) is 1. The number of halogens is 1. The van der Waals surface area contributed by atoms with Crippen LogP contribution in [0.15, 0.2) is 18.2 Å². The summed E-state index contributed by atoms with van der Waals surface area (Å²) in [6.07, 6.45) is 2.11. The van der Waals surface area contributed by atoms with Crippen molar-refractivity contribution in [3.05, 3.63) is 34.9 Å². The highest BCUT2D eigenvalue weighted by Crippen LogP contribution is 2.28. The van der Waals surface area contributed by atoms with Crippen LogP contribution in [0.4, 0.5) is 0 Å². The molecule has 2 unspecified atom stereocenters. The van der Waals surface area contributed by atoms with Crippen LogP contribution in [0.1, 0.15) is 35.6 Å². The van der Waals surface area contributed by atoms with E-state index in [1.54, 1.807) is 6.07 Å². The molecule has 0 radical (unpaired) electrons. The zero-order chi connectivity index (χ0) is 10.8. The summed E-state index contributed by atoms with van der Waals surface area (Å²) in [6.45, 7) is 0. The minimum atomic E-state index is -0.588. The van der Waals surface area contributed by atoms with Gasteiger partial charge in [0.2, 0.25) is 0 Å². The topological polar surface area (TPSA) is 70.0 Å². The second-order valence-corrected chi connectivity index (χ2v) is 4.03. The van der Waals surface area contributed by atoms with Crippen LogP contribution in [0.3, 0.4) is 0 Å². The summed E-state index contributed by atoms with van der Waals surface area (Å²) < 4.78 is 0. The number of aliphatic hydroxyl groups excluding tert-OH is 1. The van der Waals surface area contributed by atoms with Crippen LogP contribution in [0, 0.1) is 11.3 Å². The maximum absolute atomic E-state index is 9.97. The van der Waals surface area contributed by atoms with Crippen molar-refractivity contribution in [2.75, 3.05) is 0 Å². The highest BCUT2D eigenvalue weighted by molar-refractivity contribution is 5.85. The lowest BCUT2D eigenvalue weighted by Gasteiger charge is -2.17. The van der Waals surface area contributed by atoms with E-state index in [-0.39, 0.29) is 18.4 Å². The van der Waals surface area contributed by atoms with Crippen LogP contribution in [-0.2, 0) is 6.42 Å². The number of aliphatic hydroxyl groups is 1. The van der Waals surface area contributed by atoms with Crippen molar-refractivity contribution in [3.63, 3.8) is 0 Å². The molecule has 1 aliphatic carbocycles. The highest BCUT2D eigenvalue weighted by Gasteiger charge is 2.22. The van der Waals surface area contributed by atoms with Gasteiger partial charge in [-0.2, -0.15) is 5.26 Å². The number of nitriles is 1. The molecule has 0 fully saturated rings. The molecule has 86 valence electrons. The van der Waals surface area contributed by atoms with Crippen molar-refractivity contribution in [2.24, 2.45) is 5.73 Å². The van der Waals surface area contributed by atoms with Gasteiger partial charge in [-0.3, -0.25) is 0 Å². The number of nitrogens with zero attached hydrogens (tertiary/aromatic N) is 1. The predicted molar refractivity (Wildman–Crippen MR) is 64.3 cm³/mol. The van der Waals surface area contributed by atoms with Crippen molar-refractivity contribution in [2.45, 2.75) is 31.4 Å². The molecular weight excluding hydrogens is 224 g/mol. The Morgan fingerprint density at radius 3 is 2.88 bits per heavy atom. The first kappa shape index (κ1) is 13.0. The summed E-state index contributed by atoms with van der Waals surface area (Å²) in [5.74, 6) is 0. The van der Waals surface area contributed by atoms with Gasteiger partial charge in [-0.25, -0.2) is 0 Å². The first-order chi connectivity index (χ1) is 7.22. The Hall–Kier alpha value is -1.08. The third kappa shape index (κ3) is 2.35. The molecule has 2 rings (SSSR count). The number of benzene rings is 1. The quantitative estimate of drug-likeness (QED) is 0.676. The van der Waals surface area contributed by atoms with Crippen LogP contribution >= 0.6 is 12.4 Å². The summed E-state index contributed by atoms with van der Waals surface area (Å²) in [5, 5.41) is 18.8. The van der Waals surface area contributed by atoms with Gasteiger partial charge in [0.05, 0.1) is 17.7 Å². The van der Waals surface area contributed by atoms with E-state index in [9.17, 15) is 5.11 Å². The van der Waals surface area contributed by atoms with E-state index in [4.69, 9.17) is 11.0 Å². The van der Waals surface area contributed by atoms with Gasteiger partial charge < -0.3 is 10.8 Å². The van der Waals surface area contributed by atoms with E-state index in [0.717, 1.165) is 30.4 Å². The monoisotopic (exact) mass is 238 g/mol. The number of hydrogen-bond donors (Lipinski definition) is 2. The molecule has 1 aromatic carbocycles. The summed E-state index contributed by atoms with van der Waals surface area (Å²) in [6, 6.07) is 7.35. The Labute approximate surface area is 101 Å². The second kappa shape index (κ2) is 5.31. The van der Waals surface area contributed by atoms with Crippen molar-refractivity contribution in [1.82, 2.24) is 0 Å². The first-order valence-electron chi connectivity index (χ1n) is 5.19. The van der Waals surface area contributed by atoms with Crippen molar-refractivity contribution in [1.29, 1.82) is 5.26 Å². The molecule has 1 aliphatic rings. The van der Waals surface area contributed by atoms with E-state index in [1.165, 1.54) is 0 Å². The van der Waals surface area contributed by atoms with Gasteiger partial charge in [0.25, 0.3) is 0 Å². The fourth-order valence-electron chi connectivity index (χ4n) is 2.10. The largest absolute Gasteiger partial charge is 0.387 e. The van der Waals surface area contributed by atoms with Gasteiger partial charge in [0, 0.05) is 6.04 Å². The molecule has 4 heteroatoms. The molecule has 3 N–H and O–H groups in total. The second-order valence-electron chi connectivity index (χ2n) is 4.03. The molecule has 0 heterocycles. The molecule has 0 saturated carbocycles. The van der Waals surface area contributed by atoms with E-state index in [0.29, 0.717) is 5.56 Å². The van der Waals surface area contributed by atoms with Gasteiger partial charge in [-0.05, 0) is 42.5 Å². The van der Waals surface area contributed by atoms with Gasteiger partial charge >= 0.3 is 0 Å². The molecule has 0 spiro atoms. The van der Waals surface area contributed by atoms with Crippen molar-refractivity contribution >= 4 is 12.4 Å². The lowest BCUT2D eigenvalue weighted by molar-refractivity contribution is 0.144. The maximum atomic E-state index is 9.97. The van der Waals surface area contributed by atoms with Gasteiger partial charge in [-0.1, -0.05) is 6.07 Å². The maximum Gasteiger partial charge on any atom is 0.0991 e. The highest BCUT2D eigenvalue weighted by atomic mass is 35.5. The Kier molecular flexibility index (Phi) is 4.31. The molecule has 2 atom stereocenters. The molecule has 0 amide bonds. The number of fused-ring (bicyclic) bond motifs is 1. The van der Waals surface area contributed by atoms with Gasteiger partial charge in [-0.15, -0.1) is 12.4 Å². The fourth-order valence-corrected chi connectivity index (χ4v) is 2.10. The minimum absolute atomic E-state index is 0. The van der Waals surface area contributed by atoms with Crippen LogP contribution in [-0.4, -0.2) is 11.1 Å². The van der Waals surface area contributed by atoms with Crippen molar-refractivity contribution < 1.29 is 5.11 Å². The zero-order valence-electron chi connectivity index (χ0n) is 8.89. The van der Waals surface area contributed by atoms with E-state index in [2.05, 4.69) is 6.07 Å². The number of aryl methyl sites for hydroxylation is 1. The standard InChI is InChI=1S/C12H14N2O.ClH/c13-7-8-4-5-10-9(6-8)2-1-3-11(14)12(10)15;/h4-6,11-12,15H,1-3,14H2;1H. The van der Waals surface area contributed by atoms with Gasteiger partial charge in [0.1, 0.15) is 0 Å². The van der Waals surface area contributed by atoms with Crippen LogP contribution in [0.25, 0.3) is 0 Å². The summed E-state index contributed by atoms with van der Waals surface area (Å²) in [7, 11) is 0. The summed E-state index contributed by atoms with van der Waals surface area (Å²) in [4.78, 5) is 0. The Bertz CT molecular complexity index is 414. The van der Waals surface area contributed by atoms with Crippen LogP contribution < -0.4 is 5.73 Å². The molecule has 0 saturated heterocycles. The zero-order valence-corrected chi connectivity index (χ0v) is 9.70. The first-order valence-corrected chi connectivity index (χ1v) is 5.19. The molecule has 1 aromatic rings. The average molecular weight is 239 g/mol. The normalized spacial score (nSPS) is 23.6. The molecule has 16 heavy (non-hydrogen) atoms. The lowest BCUT2D eigenvalue weighted by atomic mass is 9.97. The van der Waals surface area contributed by atoms with Gasteiger partial charge in [0.15, 0.2) is 0 Å². The minimum Gasteiger partial charge on any atom is -0.387 e. The van der Waals surface area contributed by atoms with Crippen LogP contribution in [0.5, 0.6) is 0 Å². The third-order valence-electron chi connectivity index (χ3n) is 2.98. The number of rotatable bonds is 0. The average Bonchev–Trinajstić information content (AvgIpc) is 2.40. The predicted octanol–water partition coefficient (Wildman–Crippen LogP) is 1.68. The summed E-state index contributed by atoms with van der Waals surface area (Å²) >= 11 is 0.